The van der Waals surface area contributed by atoms with E-state index in [1.807, 2.05) is 5.32 Å². The molecule has 0 aliphatic carbocycles. The molecule has 0 fully saturated rings. The number of methoxy groups -OCH3 is 1. The molecule has 0 heterocycles. The van der Waals surface area contributed by atoms with Crippen LogP contribution in [-0.2, 0) is 28.7 Å². The highest BCUT2D eigenvalue weighted by atomic mass is 19.4. The first-order valence-corrected chi connectivity index (χ1v) is 8.24. The van der Waals surface area contributed by atoms with Crippen LogP contribution in [0.5, 0.6) is 0 Å². The summed E-state index contributed by atoms with van der Waals surface area (Å²) in [5.74, 6) is -1.41. The number of halogens is 7. The first-order valence-electron chi connectivity index (χ1n) is 8.24. The second kappa shape index (κ2) is 8.81. The third kappa shape index (κ3) is 6.45. The molecule has 0 aromatic heterocycles. The topological polar surface area (TPSA) is 38.3 Å². The van der Waals surface area contributed by atoms with Crippen LogP contribution in [0.25, 0.3) is 11.1 Å². The van der Waals surface area contributed by atoms with E-state index >= 15 is 0 Å². The molecule has 0 radical (unpaired) electrons. The zero-order chi connectivity index (χ0) is 21.8. The molecular formula is C19H16F7NO2. The largest absolute Gasteiger partial charge is 0.469 e. The van der Waals surface area contributed by atoms with Crippen LogP contribution in [0, 0.1) is 5.82 Å². The fourth-order valence-corrected chi connectivity index (χ4v) is 2.65. The number of ether oxygens (including phenoxy) is 1. The Kier molecular flexibility index (Phi) is 6.89. The Hall–Kier alpha value is -2.62. The van der Waals surface area contributed by atoms with E-state index in [9.17, 15) is 35.5 Å². The first kappa shape index (κ1) is 22.7. The van der Waals surface area contributed by atoms with E-state index in [-0.39, 0.29) is 23.1 Å². The Balaban J connectivity index is 2.47. The maximum absolute atomic E-state index is 14.4. The lowest BCUT2D eigenvalue weighted by Crippen LogP contribution is -2.28. The summed E-state index contributed by atoms with van der Waals surface area (Å²) >= 11 is 0. The van der Waals surface area contributed by atoms with E-state index in [4.69, 9.17) is 0 Å². The molecule has 0 spiro atoms. The number of carbonyl (C=O) groups excluding carboxylic acids is 1. The van der Waals surface area contributed by atoms with Crippen molar-refractivity contribution in [2.75, 3.05) is 13.7 Å². The van der Waals surface area contributed by atoms with Gasteiger partial charge in [0.05, 0.1) is 25.6 Å². The third-order valence-electron chi connectivity index (χ3n) is 3.97. The molecule has 0 saturated carbocycles. The summed E-state index contributed by atoms with van der Waals surface area (Å²) in [6.45, 7) is -1.99. The molecule has 10 heteroatoms. The highest BCUT2D eigenvalue weighted by molar-refractivity contribution is 5.75. The van der Waals surface area contributed by atoms with E-state index in [0.717, 1.165) is 25.3 Å². The fraction of sp³-hybridized carbons (Fsp3) is 0.316. The van der Waals surface area contributed by atoms with Crippen LogP contribution in [0.4, 0.5) is 30.7 Å². The van der Waals surface area contributed by atoms with Gasteiger partial charge < -0.3 is 10.1 Å². The van der Waals surface area contributed by atoms with Crippen molar-refractivity contribution in [3.8, 4) is 11.1 Å². The summed E-state index contributed by atoms with van der Waals surface area (Å²) in [6, 6.07) is 5.97. The number of hydrogen-bond donors (Lipinski definition) is 1. The van der Waals surface area contributed by atoms with Gasteiger partial charge in [0, 0.05) is 12.1 Å². The van der Waals surface area contributed by atoms with Crippen LogP contribution < -0.4 is 5.32 Å². The molecule has 2 rings (SSSR count). The predicted molar refractivity (Wildman–Crippen MR) is 90.3 cm³/mol. The molecule has 2 aromatic rings. The van der Waals surface area contributed by atoms with Gasteiger partial charge >= 0.3 is 18.3 Å². The van der Waals surface area contributed by atoms with E-state index in [1.54, 1.807) is 0 Å². The lowest BCUT2D eigenvalue weighted by atomic mass is 9.95. The van der Waals surface area contributed by atoms with E-state index < -0.39 is 42.8 Å². The van der Waals surface area contributed by atoms with Gasteiger partial charge in [0.15, 0.2) is 0 Å². The van der Waals surface area contributed by atoms with Crippen molar-refractivity contribution in [1.29, 1.82) is 0 Å². The highest BCUT2D eigenvalue weighted by Crippen LogP contribution is 2.34. The van der Waals surface area contributed by atoms with Crippen LogP contribution in [0.15, 0.2) is 36.4 Å². The Morgan fingerprint density at radius 1 is 1.00 bits per heavy atom. The number of rotatable bonds is 6. The van der Waals surface area contributed by atoms with Crippen LogP contribution in [0.2, 0.25) is 0 Å². The molecule has 0 saturated heterocycles. The zero-order valence-corrected chi connectivity index (χ0v) is 15.0. The minimum absolute atomic E-state index is 0.0168. The molecule has 29 heavy (non-hydrogen) atoms. The molecule has 0 unspecified atom stereocenters. The smallest absolute Gasteiger partial charge is 0.416 e. The Labute approximate surface area is 161 Å². The van der Waals surface area contributed by atoms with Gasteiger partial charge in [-0.1, -0.05) is 12.1 Å². The van der Waals surface area contributed by atoms with Gasteiger partial charge in [0.1, 0.15) is 5.82 Å². The SMILES string of the molecule is COC(=O)Cc1ccc(F)c(-c2ccc(C(F)(F)F)cc2CNCC(F)(F)F)c1. The average molecular weight is 423 g/mol. The zero-order valence-electron chi connectivity index (χ0n) is 15.0. The number of nitrogens with one attached hydrogen (secondary N) is 1. The van der Waals surface area contributed by atoms with Gasteiger partial charge in [-0.05, 0) is 41.0 Å². The quantitative estimate of drug-likeness (QED) is 0.532. The van der Waals surface area contributed by atoms with E-state index in [0.29, 0.717) is 11.6 Å². The van der Waals surface area contributed by atoms with Gasteiger partial charge in [-0.15, -0.1) is 0 Å². The number of esters is 1. The van der Waals surface area contributed by atoms with E-state index in [2.05, 4.69) is 4.74 Å². The van der Waals surface area contributed by atoms with Gasteiger partial charge in [-0.2, -0.15) is 26.3 Å². The summed E-state index contributed by atoms with van der Waals surface area (Å²) in [6.07, 6.45) is -9.48. The molecule has 0 bridgehead atoms. The lowest BCUT2D eigenvalue weighted by molar-refractivity contribution is -0.140. The molecule has 2 aromatic carbocycles. The Bertz CT molecular complexity index is 876. The third-order valence-corrected chi connectivity index (χ3v) is 3.97. The van der Waals surface area contributed by atoms with Crippen molar-refractivity contribution >= 4 is 5.97 Å². The van der Waals surface area contributed by atoms with Crippen molar-refractivity contribution < 1.29 is 40.3 Å². The summed E-state index contributed by atoms with van der Waals surface area (Å²) in [7, 11) is 1.16. The standard InChI is InChI=1S/C19H16F7NO2/c1-29-17(28)7-11-2-5-16(20)15(6-11)14-4-3-13(19(24,25)26)8-12(14)9-27-10-18(21,22)23/h2-6,8,27H,7,9-10H2,1H3. The highest BCUT2D eigenvalue weighted by Gasteiger charge is 2.31. The van der Waals surface area contributed by atoms with Gasteiger partial charge in [0.2, 0.25) is 0 Å². The van der Waals surface area contributed by atoms with Crippen molar-refractivity contribution in [3.05, 3.63) is 58.9 Å². The number of carbonyl (C=O) groups is 1. The number of hydrogen-bond acceptors (Lipinski definition) is 3. The molecule has 0 aliphatic rings. The van der Waals surface area contributed by atoms with Gasteiger partial charge in [-0.25, -0.2) is 4.39 Å². The minimum Gasteiger partial charge on any atom is -0.469 e. The Morgan fingerprint density at radius 2 is 1.69 bits per heavy atom. The van der Waals surface area contributed by atoms with Crippen molar-refractivity contribution in [2.45, 2.75) is 25.3 Å². The van der Waals surface area contributed by atoms with E-state index in [1.165, 1.54) is 12.1 Å². The molecule has 3 nitrogen and oxygen atoms in total. The fourth-order valence-electron chi connectivity index (χ4n) is 2.65. The summed E-state index contributed by atoms with van der Waals surface area (Å²) in [5, 5.41) is 2.02. The maximum Gasteiger partial charge on any atom is 0.416 e. The number of alkyl halides is 6. The monoisotopic (exact) mass is 423 g/mol. The maximum atomic E-state index is 14.4. The van der Waals surface area contributed by atoms with Crippen molar-refractivity contribution in [1.82, 2.24) is 5.32 Å². The van der Waals surface area contributed by atoms with Crippen LogP contribution in [-0.4, -0.2) is 25.8 Å². The normalized spacial score (nSPS) is 12.1. The first-order chi connectivity index (χ1) is 13.4. The molecule has 0 aliphatic heterocycles. The molecule has 1 N–H and O–H groups in total. The molecular weight excluding hydrogens is 407 g/mol. The second-order valence-corrected chi connectivity index (χ2v) is 6.16. The minimum atomic E-state index is -4.72. The van der Waals surface area contributed by atoms with Gasteiger partial charge in [0.25, 0.3) is 0 Å². The summed E-state index contributed by atoms with van der Waals surface area (Å²) in [5.41, 5.74) is -1.06. The average Bonchev–Trinajstić information content (AvgIpc) is 2.61. The van der Waals surface area contributed by atoms with Crippen LogP contribution in [0.1, 0.15) is 16.7 Å². The second-order valence-electron chi connectivity index (χ2n) is 6.16. The molecule has 158 valence electrons. The predicted octanol–water partition coefficient (Wildman–Crippen LogP) is 4.88. The van der Waals surface area contributed by atoms with Crippen LogP contribution >= 0.6 is 0 Å². The van der Waals surface area contributed by atoms with Crippen molar-refractivity contribution in [2.24, 2.45) is 0 Å². The summed E-state index contributed by atoms with van der Waals surface area (Å²) in [4.78, 5) is 11.4. The lowest BCUT2D eigenvalue weighted by Gasteiger charge is -2.16. The van der Waals surface area contributed by atoms with Crippen LogP contribution in [0.3, 0.4) is 0 Å². The molecule has 0 amide bonds. The van der Waals surface area contributed by atoms with Gasteiger partial charge in [-0.3, -0.25) is 4.79 Å². The number of benzene rings is 2. The summed E-state index contributed by atoms with van der Waals surface area (Å²) < 4.78 is 95.0. The molecule has 0 atom stereocenters. The van der Waals surface area contributed by atoms with Crippen molar-refractivity contribution in [3.63, 3.8) is 0 Å². The Morgan fingerprint density at radius 3 is 2.28 bits per heavy atom.